The number of alkyl halides is 3. The Kier molecular flexibility index (Phi) is 6.51. The van der Waals surface area contributed by atoms with Crippen LogP contribution < -0.4 is 0 Å². The van der Waals surface area contributed by atoms with Gasteiger partial charge in [-0.3, -0.25) is 9.59 Å². The van der Waals surface area contributed by atoms with E-state index in [4.69, 9.17) is 11.6 Å². The molecule has 0 bridgehead atoms. The zero-order chi connectivity index (χ0) is 25.4. The summed E-state index contributed by atoms with van der Waals surface area (Å²) >= 11 is 5.95. The summed E-state index contributed by atoms with van der Waals surface area (Å²) in [5.41, 5.74) is 2.33. The van der Waals surface area contributed by atoms with Crippen molar-refractivity contribution in [2.24, 2.45) is 5.92 Å². The van der Waals surface area contributed by atoms with E-state index >= 15 is 0 Å². The molecule has 0 aliphatic carbocycles. The largest absolute Gasteiger partial charge is 0.416 e. The van der Waals surface area contributed by atoms with Crippen molar-refractivity contribution in [3.8, 4) is 0 Å². The monoisotopic (exact) mass is 512 g/mol. The zero-order valence-electron chi connectivity index (χ0n) is 19.3. The van der Waals surface area contributed by atoms with Gasteiger partial charge in [0.05, 0.1) is 11.5 Å². The maximum atomic E-state index is 13.8. The molecular weight excluding hydrogens is 489 g/mol. The second kappa shape index (κ2) is 9.62. The smallest absolute Gasteiger partial charge is 0.338 e. The van der Waals surface area contributed by atoms with E-state index in [2.05, 4.69) is 0 Å². The molecule has 0 saturated carbocycles. The number of hydrogen-bond acceptors (Lipinski definition) is 2. The van der Waals surface area contributed by atoms with Crippen molar-refractivity contribution < 1.29 is 22.8 Å². The lowest BCUT2D eigenvalue weighted by atomic mass is 9.86. The third-order valence-electron chi connectivity index (χ3n) is 7.10. The maximum Gasteiger partial charge on any atom is 0.416 e. The number of carbonyl (C=O) groups excluding carboxylic acids is 2. The Bertz CT molecular complexity index is 1290. The van der Waals surface area contributed by atoms with E-state index in [-0.39, 0.29) is 24.9 Å². The SMILES string of the molecule is O=C(c1ccc(Cl)cc1)N1C[C@H](C(=O)N2CCc3ccccc3C2)[C@@H](c2cccc(C(F)(F)F)c2)C1. The van der Waals surface area contributed by atoms with E-state index in [1.807, 2.05) is 24.3 Å². The summed E-state index contributed by atoms with van der Waals surface area (Å²) in [6.45, 7) is 1.28. The maximum absolute atomic E-state index is 13.8. The molecule has 0 aromatic heterocycles. The number of carbonyl (C=O) groups is 2. The van der Waals surface area contributed by atoms with Gasteiger partial charge in [0.25, 0.3) is 5.91 Å². The van der Waals surface area contributed by atoms with E-state index in [1.54, 1.807) is 40.1 Å². The van der Waals surface area contributed by atoms with E-state index in [1.165, 1.54) is 11.6 Å². The molecule has 8 heteroatoms. The number of rotatable bonds is 3. The van der Waals surface area contributed by atoms with Crippen LogP contribution in [0.5, 0.6) is 0 Å². The van der Waals surface area contributed by atoms with Gasteiger partial charge in [-0.25, -0.2) is 0 Å². The fourth-order valence-electron chi connectivity index (χ4n) is 5.20. The minimum Gasteiger partial charge on any atom is -0.338 e. The Morgan fingerprint density at radius 1 is 0.861 bits per heavy atom. The van der Waals surface area contributed by atoms with Crippen LogP contribution in [-0.2, 0) is 23.9 Å². The lowest BCUT2D eigenvalue weighted by Gasteiger charge is -2.32. The van der Waals surface area contributed by atoms with E-state index < -0.39 is 23.6 Å². The lowest BCUT2D eigenvalue weighted by Crippen LogP contribution is -2.42. The van der Waals surface area contributed by atoms with Crippen molar-refractivity contribution in [1.29, 1.82) is 0 Å². The molecule has 2 heterocycles. The molecule has 186 valence electrons. The summed E-state index contributed by atoms with van der Waals surface area (Å²) < 4.78 is 40.4. The number of nitrogens with zero attached hydrogens (tertiary/aromatic N) is 2. The first kappa shape index (κ1) is 24.4. The average molecular weight is 513 g/mol. The van der Waals surface area contributed by atoms with Gasteiger partial charge >= 0.3 is 6.18 Å². The highest BCUT2D eigenvalue weighted by Gasteiger charge is 2.43. The van der Waals surface area contributed by atoms with Crippen LogP contribution in [0, 0.1) is 5.92 Å². The van der Waals surface area contributed by atoms with Crippen LogP contribution >= 0.6 is 11.6 Å². The Morgan fingerprint density at radius 2 is 1.58 bits per heavy atom. The number of benzene rings is 3. The molecule has 0 N–H and O–H groups in total. The molecule has 2 atom stereocenters. The van der Waals surface area contributed by atoms with Gasteiger partial charge in [0, 0.05) is 42.7 Å². The number of likely N-dealkylation sites (tertiary alicyclic amines) is 1. The van der Waals surface area contributed by atoms with Crippen LogP contribution in [0.15, 0.2) is 72.8 Å². The lowest BCUT2D eigenvalue weighted by molar-refractivity contribution is -0.137. The van der Waals surface area contributed by atoms with Crippen molar-refractivity contribution in [1.82, 2.24) is 9.80 Å². The van der Waals surface area contributed by atoms with Crippen molar-refractivity contribution in [2.45, 2.75) is 25.1 Å². The molecule has 2 aliphatic rings. The number of amides is 2. The van der Waals surface area contributed by atoms with Gasteiger partial charge in [-0.1, -0.05) is 54.1 Å². The molecule has 3 aromatic rings. The first-order valence-corrected chi connectivity index (χ1v) is 12.2. The highest BCUT2D eigenvalue weighted by atomic mass is 35.5. The van der Waals surface area contributed by atoms with Crippen LogP contribution in [0.4, 0.5) is 13.2 Å². The zero-order valence-corrected chi connectivity index (χ0v) is 20.1. The minimum atomic E-state index is -4.50. The molecule has 2 aliphatic heterocycles. The van der Waals surface area contributed by atoms with Gasteiger partial charge in [-0.15, -0.1) is 0 Å². The summed E-state index contributed by atoms with van der Waals surface area (Å²) in [6.07, 6.45) is -3.78. The minimum absolute atomic E-state index is 0.138. The Balaban J connectivity index is 1.45. The van der Waals surface area contributed by atoms with E-state index in [9.17, 15) is 22.8 Å². The first-order valence-electron chi connectivity index (χ1n) is 11.8. The second-order valence-electron chi connectivity index (χ2n) is 9.33. The topological polar surface area (TPSA) is 40.6 Å². The van der Waals surface area contributed by atoms with Gasteiger partial charge in [-0.05, 0) is 53.4 Å². The highest BCUT2D eigenvalue weighted by Crippen LogP contribution is 2.38. The summed E-state index contributed by atoms with van der Waals surface area (Å²) in [6, 6.07) is 19.5. The standard InChI is InChI=1S/C28H24ClF3N2O2/c29-23-10-8-19(9-11-23)26(35)34-16-24(20-6-3-7-22(14-20)28(30,31)32)25(17-34)27(36)33-13-12-18-4-1-2-5-21(18)15-33/h1-11,14,24-25H,12-13,15-17H2/t24-,25+/m1/s1. The van der Waals surface area contributed by atoms with Crippen molar-refractivity contribution >= 4 is 23.4 Å². The quantitative estimate of drug-likeness (QED) is 0.445. The molecule has 0 spiro atoms. The van der Waals surface area contributed by atoms with E-state index in [0.29, 0.717) is 29.2 Å². The Labute approximate surface area is 212 Å². The van der Waals surface area contributed by atoms with Crippen molar-refractivity contribution in [2.75, 3.05) is 19.6 Å². The number of halogens is 4. The van der Waals surface area contributed by atoms with Crippen molar-refractivity contribution in [3.05, 3.63) is 106 Å². The number of hydrogen-bond donors (Lipinski definition) is 0. The normalized spacial score (nSPS) is 19.8. The summed E-state index contributed by atoms with van der Waals surface area (Å²) in [5.74, 6) is -1.61. The molecule has 0 radical (unpaired) electrons. The van der Waals surface area contributed by atoms with Crippen molar-refractivity contribution in [3.63, 3.8) is 0 Å². The van der Waals surface area contributed by atoms with Crippen LogP contribution in [0.2, 0.25) is 5.02 Å². The Hall–Kier alpha value is -3.32. The van der Waals surface area contributed by atoms with Gasteiger partial charge in [0.2, 0.25) is 5.91 Å². The van der Waals surface area contributed by atoms with Crippen LogP contribution in [0.3, 0.4) is 0 Å². The molecule has 2 amide bonds. The van der Waals surface area contributed by atoms with Crippen LogP contribution in [-0.4, -0.2) is 41.2 Å². The molecule has 1 saturated heterocycles. The second-order valence-corrected chi connectivity index (χ2v) is 9.77. The molecule has 36 heavy (non-hydrogen) atoms. The molecule has 0 unspecified atom stereocenters. The fourth-order valence-corrected chi connectivity index (χ4v) is 5.32. The van der Waals surface area contributed by atoms with Crippen LogP contribution in [0.1, 0.15) is 38.5 Å². The highest BCUT2D eigenvalue weighted by molar-refractivity contribution is 6.30. The van der Waals surface area contributed by atoms with Gasteiger partial charge in [0.15, 0.2) is 0 Å². The molecule has 1 fully saturated rings. The first-order chi connectivity index (χ1) is 17.2. The van der Waals surface area contributed by atoms with Crippen LogP contribution in [0.25, 0.3) is 0 Å². The molecule has 4 nitrogen and oxygen atoms in total. The van der Waals surface area contributed by atoms with Gasteiger partial charge in [-0.2, -0.15) is 13.2 Å². The fraction of sp³-hybridized carbons (Fsp3) is 0.286. The Morgan fingerprint density at radius 3 is 2.31 bits per heavy atom. The third-order valence-corrected chi connectivity index (χ3v) is 7.35. The molecular formula is C28H24ClF3N2O2. The molecule has 3 aromatic carbocycles. The average Bonchev–Trinajstić information content (AvgIpc) is 3.33. The van der Waals surface area contributed by atoms with Gasteiger partial charge < -0.3 is 9.80 Å². The predicted molar refractivity (Wildman–Crippen MR) is 131 cm³/mol. The summed E-state index contributed by atoms with van der Waals surface area (Å²) in [7, 11) is 0. The molecule has 5 rings (SSSR count). The van der Waals surface area contributed by atoms with E-state index in [0.717, 1.165) is 24.1 Å². The van der Waals surface area contributed by atoms with Gasteiger partial charge in [0.1, 0.15) is 0 Å². The predicted octanol–water partition coefficient (Wildman–Crippen LogP) is 5.80. The third kappa shape index (κ3) is 4.85. The summed E-state index contributed by atoms with van der Waals surface area (Å²) in [4.78, 5) is 30.4. The summed E-state index contributed by atoms with van der Waals surface area (Å²) in [5, 5.41) is 0.494. The number of fused-ring (bicyclic) bond motifs is 1.